The predicted octanol–water partition coefficient (Wildman–Crippen LogP) is 2.63. The van der Waals surface area contributed by atoms with Crippen LogP contribution in [0.3, 0.4) is 0 Å². The molecule has 0 amide bonds. The lowest BCUT2D eigenvalue weighted by atomic mass is 9.87. The zero-order valence-corrected chi connectivity index (χ0v) is 13.1. The molecule has 2 atom stereocenters. The Kier molecular flexibility index (Phi) is 4.49. The van der Waals surface area contributed by atoms with Gasteiger partial charge in [-0.05, 0) is 12.8 Å². The van der Waals surface area contributed by atoms with Gasteiger partial charge in [0.1, 0.15) is 5.76 Å². The number of aliphatic hydroxyl groups excluding tert-OH is 1. The third-order valence-electron chi connectivity index (χ3n) is 4.60. The van der Waals surface area contributed by atoms with Crippen molar-refractivity contribution in [2.75, 3.05) is 14.2 Å². The van der Waals surface area contributed by atoms with Crippen molar-refractivity contribution in [3.63, 3.8) is 0 Å². The molecule has 1 N–H and O–H groups in total. The first kappa shape index (κ1) is 16.1. The molecule has 1 aliphatic heterocycles. The van der Waals surface area contributed by atoms with Crippen molar-refractivity contribution in [1.29, 1.82) is 0 Å². The number of carbonyl (C=O) groups excluding carboxylic acids is 1. The number of methoxy groups -OCH3 is 2. The van der Waals surface area contributed by atoms with E-state index in [1.165, 1.54) is 14.2 Å². The maximum Gasteiger partial charge on any atom is 0.380 e. The smallest absolute Gasteiger partial charge is 0.380 e. The summed E-state index contributed by atoms with van der Waals surface area (Å²) in [5, 5.41) is 10.4. The van der Waals surface area contributed by atoms with E-state index in [1.54, 1.807) is 13.8 Å². The van der Waals surface area contributed by atoms with E-state index >= 15 is 0 Å². The highest BCUT2D eigenvalue weighted by atomic mass is 16.8. The number of hydrogen-bond donors (Lipinski definition) is 1. The summed E-state index contributed by atoms with van der Waals surface area (Å²) in [6.45, 7) is 3.17. The maximum atomic E-state index is 12.2. The molecule has 1 saturated heterocycles. The van der Waals surface area contributed by atoms with E-state index in [4.69, 9.17) is 18.9 Å². The number of carbonyl (C=O) groups is 1. The van der Waals surface area contributed by atoms with Gasteiger partial charge in [0.05, 0.1) is 0 Å². The van der Waals surface area contributed by atoms with Gasteiger partial charge in [-0.25, -0.2) is 4.79 Å². The van der Waals surface area contributed by atoms with Crippen molar-refractivity contribution in [3.05, 3.63) is 11.5 Å². The summed E-state index contributed by atoms with van der Waals surface area (Å²) >= 11 is 0. The van der Waals surface area contributed by atoms with Gasteiger partial charge in [0.2, 0.25) is 5.76 Å². The minimum Gasteiger partial charge on any atom is -0.508 e. The average Bonchev–Trinajstić information content (AvgIpc) is 2.51. The van der Waals surface area contributed by atoms with Crippen molar-refractivity contribution >= 4 is 5.97 Å². The molecule has 2 rings (SSSR count). The van der Waals surface area contributed by atoms with Crippen LogP contribution in [0, 0.1) is 5.92 Å². The van der Waals surface area contributed by atoms with E-state index in [-0.39, 0.29) is 17.4 Å². The highest BCUT2D eigenvalue weighted by molar-refractivity contribution is 5.88. The Morgan fingerprint density at radius 1 is 1.10 bits per heavy atom. The third kappa shape index (κ3) is 2.74. The van der Waals surface area contributed by atoms with E-state index in [2.05, 4.69) is 0 Å². The number of aliphatic hydroxyl groups is 1. The first-order valence-electron chi connectivity index (χ1n) is 7.32. The Balaban J connectivity index is 2.31. The van der Waals surface area contributed by atoms with Gasteiger partial charge in [-0.3, -0.25) is 0 Å². The first-order chi connectivity index (χ1) is 9.87. The largest absolute Gasteiger partial charge is 0.508 e. The van der Waals surface area contributed by atoms with E-state index < -0.39 is 17.5 Å². The number of esters is 1. The summed E-state index contributed by atoms with van der Waals surface area (Å²) in [6, 6.07) is 0. The minimum absolute atomic E-state index is 0.0406. The van der Waals surface area contributed by atoms with Crippen LogP contribution in [0.2, 0.25) is 0 Å². The Morgan fingerprint density at radius 3 is 2.14 bits per heavy atom. The average molecular weight is 300 g/mol. The van der Waals surface area contributed by atoms with Gasteiger partial charge in [-0.15, -0.1) is 0 Å². The fourth-order valence-corrected chi connectivity index (χ4v) is 2.82. The molecular weight excluding hydrogens is 276 g/mol. The topological polar surface area (TPSA) is 74.2 Å². The summed E-state index contributed by atoms with van der Waals surface area (Å²) in [4.78, 5) is 12.2. The second kappa shape index (κ2) is 5.85. The van der Waals surface area contributed by atoms with Crippen LogP contribution in [0.5, 0.6) is 0 Å². The summed E-state index contributed by atoms with van der Waals surface area (Å²) in [6.07, 6.45) is 4.92. The lowest BCUT2D eigenvalue weighted by Gasteiger charge is -2.46. The van der Waals surface area contributed by atoms with E-state index in [9.17, 15) is 9.90 Å². The highest BCUT2D eigenvalue weighted by Crippen LogP contribution is 2.41. The molecule has 0 aromatic carbocycles. The molecule has 1 heterocycles. The number of rotatable bonds is 3. The molecule has 2 aliphatic rings. The van der Waals surface area contributed by atoms with Gasteiger partial charge < -0.3 is 24.1 Å². The van der Waals surface area contributed by atoms with Gasteiger partial charge in [0.25, 0.3) is 11.6 Å². The van der Waals surface area contributed by atoms with E-state index in [0.29, 0.717) is 0 Å². The Morgan fingerprint density at radius 2 is 1.62 bits per heavy atom. The van der Waals surface area contributed by atoms with Crippen molar-refractivity contribution in [2.45, 2.75) is 57.5 Å². The van der Waals surface area contributed by atoms with Crippen LogP contribution in [0.1, 0.15) is 46.0 Å². The highest BCUT2D eigenvalue weighted by Gasteiger charge is 2.58. The molecule has 2 fully saturated rings. The van der Waals surface area contributed by atoms with Crippen molar-refractivity contribution < 1.29 is 28.8 Å². The molecule has 0 radical (unpaired) electrons. The molecule has 0 unspecified atom stereocenters. The molecule has 0 aromatic heterocycles. The fraction of sp³-hybridized carbons (Fsp3) is 0.800. The van der Waals surface area contributed by atoms with Crippen LogP contribution in [0.15, 0.2) is 11.5 Å². The van der Waals surface area contributed by atoms with Crippen molar-refractivity contribution in [1.82, 2.24) is 0 Å². The first-order valence-corrected chi connectivity index (χ1v) is 7.32. The van der Waals surface area contributed by atoms with Crippen LogP contribution in [0.25, 0.3) is 0 Å². The standard InChI is InChI=1S/C15H24O6/c1-14(18-3)15(2,19-4)21-13(17)12(20-14)11(16)10-8-6-5-7-9-10/h10,16H,5-9H2,1-4H3/b12-11+/t14-,15-/m0/s1. The van der Waals surface area contributed by atoms with Crippen molar-refractivity contribution in [3.8, 4) is 0 Å². The molecular formula is C15H24O6. The number of hydrogen-bond acceptors (Lipinski definition) is 6. The summed E-state index contributed by atoms with van der Waals surface area (Å²) < 4.78 is 21.6. The van der Waals surface area contributed by atoms with Crippen LogP contribution >= 0.6 is 0 Å². The Hall–Kier alpha value is -1.27. The normalized spacial score (nSPS) is 36.9. The molecule has 0 bridgehead atoms. The monoisotopic (exact) mass is 300 g/mol. The fourth-order valence-electron chi connectivity index (χ4n) is 2.82. The number of allylic oxidation sites excluding steroid dienone is 1. The van der Waals surface area contributed by atoms with Gasteiger partial charge in [0, 0.05) is 34.0 Å². The predicted molar refractivity (Wildman–Crippen MR) is 74.2 cm³/mol. The zero-order valence-electron chi connectivity index (χ0n) is 13.1. The van der Waals surface area contributed by atoms with E-state index in [0.717, 1.165) is 32.1 Å². The minimum atomic E-state index is -1.38. The van der Waals surface area contributed by atoms with Gasteiger partial charge in [-0.2, -0.15) is 0 Å². The molecule has 21 heavy (non-hydrogen) atoms. The van der Waals surface area contributed by atoms with Gasteiger partial charge >= 0.3 is 5.97 Å². The molecule has 0 spiro atoms. The Bertz CT molecular complexity index is 439. The SMILES string of the molecule is CO[C@@]1(C)OC(=O)/C(=C(\O)C2CCCCC2)O[C@]1(C)OC. The maximum absolute atomic E-state index is 12.2. The van der Waals surface area contributed by atoms with Crippen LogP contribution in [-0.2, 0) is 23.7 Å². The molecule has 6 nitrogen and oxygen atoms in total. The van der Waals surface area contributed by atoms with Crippen LogP contribution < -0.4 is 0 Å². The molecule has 120 valence electrons. The van der Waals surface area contributed by atoms with Gasteiger partial charge in [0.15, 0.2) is 0 Å². The summed E-state index contributed by atoms with van der Waals surface area (Å²) in [5.41, 5.74) is 0. The lowest BCUT2D eigenvalue weighted by Crippen LogP contribution is -2.61. The second-order valence-electron chi connectivity index (χ2n) is 5.84. The van der Waals surface area contributed by atoms with Crippen LogP contribution in [-0.4, -0.2) is 36.9 Å². The molecule has 0 aromatic rings. The molecule has 1 saturated carbocycles. The zero-order chi connectivity index (χ0) is 15.7. The van der Waals surface area contributed by atoms with Crippen molar-refractivity contribution in [2.24, 2.45) is 5.92 Å². The van der Waals surface area contributed by atoms with E-state index in [1.807, 2.05) is 0 Å². The van der Waals surface area contributed by atoms with Gasteiger partial charge in [-0.1, -0.05) is 19.3 Å². The van der Waals surface area contributed by atoms with Crippen LogP contribution in [0.4, 0.5) is 0 Å². The molecule has 1 aliphatic carbocycles. The lowest BCUT2D eigenvalue weighted by molar-refractivity contribution is -0.380. The Labute approximate surface area is 125 Å². The summed E-state index contributed by atoms with van der Waals surface area (Å²) in [5.74, 6) is -3.70. The number of cyclic esters (lactones) is 1. The third-order valence-corrected chi connectivity index (χ3v) is 4.60. The second-order valence-corrected chi connectivity index (χ2v) is 5.84. The quantitative estimate of drug-likeness (QED) is 0.490. The summed E-state index contributed by atoms with van der Waals surface area (Å²) in [7, 11) is 2.84. The molecule has 6 heteroatoms. The number of ether oxygens (including phenoxy) is 4.